The Labute approximate surface area is 125 Å². The molecule has 0 atom stereocenters. The highest BCUT2D eigenvalue weighted by Gasteiger charge is 2.22. The minimum atomic E-state index is -3.74. The lowest BCUT2D eigenvalue weighted by atomic mass is 9.90. The summed E-state index contributed by atoms with van der Waals surface area (Å²) in [4.78, 5) is -0.0597. The van der Waals surface area contributed by atoms with Crippen molar-refractivity contribution in [2.75, 3.05) is 20.3 Å². The van der Waals surface area contributed by atoms with Gasteiger partial charge in [0, 0.05) is 25.8 Å². The molecule has 120 valence electrons. The van der Waals surface area contributed by atoms with E-state index in [4.69, 9.17) is 9.84 Å². The minimum Gasteiger partial charge on any atom is -0.392 e. The lowest BCUT2D eigenvalue weighted by Gasteiger charge is -2.24. The molecule has 5 nitrogen and oxygen atoms in total. The topological polar surface area (TPSA) is 75.6 Å². The first kappa shape index (κ1) is 18.0. The lowest BCUT2D eigenvalue weighted by molar-refractivity contribution is 0.153. The Morgan fingerprint density at radius 2 is 2.05 bits per heavy atom. The Kier molecular flexibility index (Phi) is 6.27. The maximum absolute atomic E-state index is 13.3. The van der Waals surface area contributed by atoms with E-state index < -0.39 is 22.4 Å². The fraction of sp³-hybridized carbons (Fsp3) is 0.571. The average Bonchev–Trinajstić information content (AvgIpc) is 2.44. The molecule has 1 aromatic carbocycles. The van der Waals surface area contributed by atoms with Crippen molar-refractivity contribution in [2.24, 2.45) is 5.41 Å². The van der Waals surface area contributed by atoms with Gasteiger partial charge in [-0.25, -0.2) is 17.5 Å². The molecular weight excluding hydrogens is 297 g/mol. The van der Waals surface area contributed by atoms with Gasteiger partial charge in [0.25, 0.3) is 0 Å². The molecule has 0 saturated heterocycles. The van der Waals surface area contributed by atoms with Crippen LogP contribution in [0.4, 0.5) is 4.39 Å². The van der Waals surface area contributed by atoms with Crippen LogP contribution in [0.3, 0.4) is 0 Å². The van der Waals surface area contributed by atoms with E-state index >= 15 is 0 Å². The number of aliphatic hydroxyl groups is 1. The van der Waals surface area contributed by atoms with Crippen LogP contribution in [-0.2, 0) is 21.4 Å². The van der Waals surface area contributed by atoms with Gasteiger partial charge in [-0.15, -0.1) is 0 Å². The number of nitrogens with one attached hydrogen (secondary N) is 1. The highest BCUT2D eigenvalue weighted by Crippen LogP contribution is 2.21. The number of hydrogen-bond donors (Lipinski definition) is 2. The van der Waals surface area contributed by atoms with Gasteiger partial charge in [-0.3, -0.25) is 0 Å². The minimum absolute atomic E-state index is 0.0449. The summed E-state index contributed by atoms with van der Waals surface area (Å²) in [5.41, 5.74) is -0.306. The third kappa shape index (κ3) is 5.35. The standard InChI is InChI=1S/C14H22FNO4S/c1-14(2,6-7-20-3)10-16-21(18,19)12-4-5-13(15)11(8-12)9-17/h4-5,8,16-17H,6-7,9-10H2,1-3H3. The Morgan fingerprint density at radius 3 is 2.62 bits per heavy atom. The van der Waals surface area contributed by atoms with Gasteiger partial charge in [0.2, 0.25) is 10.0 Å². The van der Waals surface area contributed by atoms with Crippen molar-refractivity contribution in [3.63, 3.8) is 0 Å². The third-order valence-electron chi connectivity index (χ3n) is 3.22. The van der Waals surface area contributed by atoms with Crippen LogP contribution in [0.5, 0.6) is 0 Å². The summed E-state index contributed by atoms with van der Waals surface area (Å²) in [6.07, 6.45) is 0.706. The van der Waals surface area contributed by atoms with E-state index in [2.05, 4.69) is 4.72 Å². The van der Waals surface area contributed by atoms with E-state index in [9.17, 15) is 12.8 Å². The maximum atomic E-state index is 13.3. The van der Waals surface area contributed by atoms with E-state index in [1.807, 2.05) is 13.8 Å². The van der Waals surface area contributed by atoms with E-state index in [-0.39, 0.29) is 22.4 Å². The molecule has 0 aliphatic heterocycles. The normalized spacial score (nSPS) is 12.6. The Morgan fingerprint density at radius 1 is 1.38 bits per heavy atom. The third-order valence-corrected chi connectivity index (χ3v) is 4.62. The summed E-state index contributed by atoms with van der Waals surface area (Å²) in [5.74, 6) is -0.628. The quantitative estimate of drug-likeness (QED) is 0.764. The van der Waals surface area contributed by atoms with Crippen molar-refractivity contribution in [1.29, 1.82) is 0 Å². The fourth-order valence-electron chi connectivity index (χ4n) is 1.68. The number of aliphatic hydroxyl groups excluding tert-OH is 1. The second-order valence-electron chi connectivity index (χ2n) is 5.64. The monoisotopic (exact) mass is 319 g/mol. The molecule has 0 bridgehead atoms. The first-order valence-corrected chi connectivity index (χ1v) is 8.08. The summed E-state index contributed by atoms with van der Waals surface area (Å²) < 4.78 is 45.2. The smallest absolute Gasteiger partial charge is 0.240 e. The van der Waals surface area contributed by atoms with Crippen LogP contribution in [0.2, 0.25) is 0 Å². The van der Waals surface area contributed by atoms with Crippen LogP contribution in [0.15, 0.2) is 23.1 Å². The van der Waals surface area contributed by atoms with Crippen molar-refractivity contribution in [3.8, 4) is 0 Å². The molecule has 0 radical (unpaired) electrons. The van der Waals surface area contributed by atoms with Crippen LogP contribution in [0, 0.1) is 11.2 Å². The Bertz CT molecular complexity index is 572. The first-order chi connectivity index (χ1) is 9.72. The average molecular weight is 319 g/mol. The molecule has 1 rings (SSSR count). The molecule has 0 unspecified atom stereocenters. The van der Waals surface area contributed by atoms with E-state index in [1.165, 1.54) is 6.07 Å². The molecule has 2 N–H and O–H groups in total. The molecular formula is C14H22FNO4S. The van der Waals surface area contributed by atoms with Crippen molar-refractivity contribution in [1.82, 2.24) is 4.72 Å². The number of rotatable bonds is 8. The lowest BCUT2D eigenvalue weighted by Crippen LogP contribution is -2.34. The molecule has 21 heavy (non-hydrogen) atoms. The van der Waals surface area contributed by atoms with Crippen LogP contribution >= 0.6 is 0 Å². The second-order valence-corrected chi connectivity index (χ2v) is 7.41. The molecule has 0 fully saturated rings. The van der Waals surface area contributed by atoms with Gasteiger partial charge in [0.05, 0.1) is 11.5 Å². The molecule has 0 heterocycles. The Balaban J connectivity index is 2.82. The van der Waals surface area contributed by atoms with E-state index in [1.54, 1.807) is 7.11 Å². The predicted molar refractivity (Wildman–Crippen MR) is 77.8 cm³/mol. The van der Waals surface area contributed by atoms with Crippen molar-refractivity contribution in [2.45, 2.75) is 31.8 Å². The van der Waals surface area contributed by atoms with Gasteiger partial charge < -0.3 is 9.84 Å². The van der Waals surface area contributed by atoms with E-state index in [0.717, 1.165) is 12.1 Å². The first-order valence-electron chi connectivity index (χ1n) is 6.60. The molecule has 7 heteroatoms. The molecule has 0 amide bonds. The van der Waals surface area contributed by atoms with Crippen LogP contribution in [-0.4, -0.2) is 33.8 Å². The molecule has 1 aromatic rings. The highest BCUT2D eigenvalue weighted by molar-refractivity contribution is 7.89. The number of hydrogen-bond acceptors (Lipinski definition) is 4. The SMILES string of the molecule is COCCC(C)(C)CNS(=O)(=O)c1ccc(F)c(CO)c1. The number of benzene rings is 1. The molecule has 0 aliphatic carbocycles. The van der Waals surface area contributed by atoms with Crippen molar-refractivity contribution in [3.05, 3.63) is 29.6 Å². The van der Waals surface area contributed by atoms with Crippen molar-refractivity contribution < 1.29 is 22.7 Å². The van der Waals surface area contributed by atoms with Crippen LogP contribution in [0.1, 0.15) is 25.8 Å². The highest BCUT2D eigenvalue weighted by atomic mass is 32.2. The summed E-state index contributed by atoms with van der Waals surface area (Å²) >= 11 is 0. The predicted octanol–water partition coefficient (Wildman–Crippen LogP) is 1.66. The summed E-state index contributed by atoms with van der Waals surface area (Å²) in [5, 5.41) is 9.00. The zero-order valence-corrected chi connectivity index (χ0v) is 13.3. The maximum Gasteiger partial charge on any atom is 0.240 e. The fourth-order valence-corrected chi connectivity index (χ4v) is 2.97. The molecule has 0 spiro atoms. The van der Waals surface area contributed by atoms with Gasteiger partial charge in [-0.05, 0) is 30.0 Å². The van der Waals surface area contributed by atoms with E-state index in [0.29, 0.717) is 13.0 Å². The molecule has 0 saturated carbocycles. The Hall–Kier alpha value is -1.02. The second kappa shape index (κ2) is 7.31. The van der Waals surface area contributed by atoms with Crippen LogP contribution in [0.25, 0.3) is 0 Å². The summed E-state index contributed by atoms with van der Waals surface area (Å²) in [7, 11) is -2.14. The molecule has 0 aliphatic rings. The summed E-state index contributed by atoms with van der Waals surface area (Å²) in [6.45, 7) is 4.09. The van der Waals surface area contributed by atoms with Crippen LogP contribution < -0.4 is 4.72 Å². The molecule has 0 aromatic heterocycles. The van der Waals surface area contributed by atoms with Gasteiger partial charge in [-0.1, -0.05) is 13.8 Å². The number of sulfonamides is 1. The number of halogens is 1. The number of ether oxygens (including phenoxy) is 1. The summed E-state index contributed by atoms with van der Waals surface area (Å²) in [6, 6.07) is 3.36. The van der Waals surface area contributed by atoms with Gasteiger partial charge in [0.15, 0.2) is 0 Å². The van der Waals surface area contributed by atoms with Crippen molar-refractivity contribution >= 4 is 10.0 Å². The largest absolute Gasteiger partial charge is 0.392 e. The van der Waals surface area contributed by atoms with Gasteiger partial charge >= 0.3 is 0 Å². The van der Waals surface area contributed by atoms with Gasteiger partial charge in [-0.2, -0.15) is 0 Å². The van der Waals surface area contributed by atoms with Gasteiger partial charge in [0.1, 0.15) is 5.82 Å². The zero-order chi connectivity index (χ0) is 16.1. The zero-order valence-electron chi connectivity index (χ0n) is 12.5. The number of methoxy groups -OCH3 is 1.